The quantitative estimate of drug-likeness (QED) is 0.468. The fraction of sp³-hybridized carbons (Fsp3) is 0.208. The lowest BCUT2D eigenvalue weighted by Gasteiger charge is -2.32. The van der Waals surface area contributed by atoms with Gasteiger partial charge in [-0.2, -0.15) is 5.10 Å². The second-order valence-electron chi connectivity index (χ2n) is 7.92. The van der Waals surface area contributed by atoms with E-state index in [4.69, 9.17) is 4.74 Å². The fourth-order valence-electron chi connectivity index (χ4n) is 3.68. The summed E-state index contributed by atoms with van der Waals surface area (Å²) in [4.78, 5) is 30.5. The normalized spacial score (nSPS) is 14.4. The second kappa shape index (κ2) is 9.05. The van der Waals surface area contributed by atoms with Crippen molar-refractivity contribution < 1.29 is 14.3 Å². The van der Waals surface area contributed by atoms with Gasteiger partial charge in [0, 0.05) is 31.7 Å². The first-order valence-corrected chi connectivity index (χ1v) is 11.5. The molecule has 2 N–H and O–H groups in total. The molecule has 0 radical (unpaired) electrons. The van der Waals surface area contributed by atoms with Gasteiger partial charge in [-0.15, -0.1) is 11.3 Å². The zero-order chi connectivity index (χ0) is 22.8. The van der Waals surface area contributed by atoms with Crippen LogP contribution in [0.25, 0.3) is 10.2 Å². The number of carbonyl (C=O) groups is 2. The number of fused-ring (bicyclic) bond motifs is 1. The number of hydrogen-bond donors (Lipinski definition) is 2. The van der Waals surface area contributed by atoms with E-state index < -0.39 is 0 Å². The van der Waals surface area contributed by atoms with Crippen molar-refractivity contribution in [2.45, 2.75) is 0 Å². The summed E-state index contributed by atoms with van der Waals surface area (Å²) in [5.74, 6) is 1.38. The van der Waals surface area contributed by atoms with Crippen LogP contribution >= 0.6 is 11.3 Å². The number of thiophene rings is 1. The van der Waals surface area contributed by atoms with Gasteiger partial charge in [0.15, 0.2) is 5.82 Å². The van der Waals surface area contributed by atoms with E-state index in [1.807, 2.05) is 35.2 Å². The predicted octanol–water partition coefficient (Wildman–Crippen LogP) is 4.06. The van der Waals surface area contributed by atoms with E-state index in [0.717, 1.165) is 23.3 Å². The molecule has 33 heavy (non-hydrogen) atoms. The molecular weight excluding hydrogens is 438 g/mol. The smallest absolute Gasteiger partial charge is 0.264 e. The van der Waals surface area contributed by atoms with Crippen molar-refractivity contribution in [1.82, 2.24) is 20.0 Å². The maximum atomic E-state index is 12.9. The van der Waals surface area contributed by atoms with Gasteiger partial charge in [0.25, 0.3) is 11.8 Å². The number of benzene rings is 2. The molecule has 5 rings (SSSR count). The number of likely N-dealkylation sites (N-methyl/N-ethyl adjacent to an activating group) is 1. The number of nitrogens with one attached hydrogen (secondary N) is 2. The van der Waals surface area contributed by atoms with Crippen LogP contribution in [0.2, 0.25) is 0 Å². The summed E-state index contributed by atoms with van der Waals surface area (Å²) in [6.07, 6.45) is 0. The number of rotatable bonds is 5. The zero-order valence-corrected chi connectivity index (χ0v) is 18.9. The van der Waals surface area contributed by atoms with Gasteiger partial charge in [0.2, 0.25) is 0 Å². The van der Waals surface area contributed by atoms with E-state index in [-0.39, 0.29) is 11.8 Å². The molecule has 2 aromatic heterocycles. The molecule has 1 saturated heterocycles. The van der Waals surface area contributed by atoms with Crippen LogP contribution in [0.15, 0.2) is 60.7 Å². The summed E-state index contributed by atoms with van der Waals surface area (Å²) in [5, 5.41) is 9.99. The van der Waals surface area contributed by atoms with Crippen molar-refractivity contribution in [3.05, 3.63) is 71.1 Å². The third-order valence-electron chi connectivity index (χ3n) is 5.54. The molecule has 4 aromatic rings. The monoisotopic (exact) mass is 461 g/mol. The van der Waals surface area contributed by atoms with Crippen LogP contribution in [0.5, 0.6) is 11.5 Å². The Morgan fingerprint density at radius 1 is 1.00 bits per heavy atom. The first-order chi connectivity index (χ1) is 16.1. The van der Waals surface area contributed by atoms with Crippen molar-refractivity contribution in [1.29, 1.82) is 0 Å². The highest BCUT2D eigenvalue weighted by molar-refractivity contribution is 7.21. The Balaban J connectivity index is 1.31. The Hall–Kier alpha value is -3.69. The Morgan fingerprint density at radius 3 is 2.55 bits per heavy atom. The average molecular weight is 462 g/mol. The molecule has 1 aliphatic heterocycles. The Bertz CT molecular complexity index is 1290. The molecule has 9 heteroatoms. The maximum Gasteiger partial charge on any atom is 0.264 e. The van der Waals surface area contributed by atoms with Crippen LogP contribution < -0.4 is 10.1 Å². The highest BCUT2D eigenvalue weighted by Gasteiger charge is 2.23. The lowest BCUT2D eigenvalue weighted by atomic mass is 10.2. The van der Waals surface area contributed by atoms with E-state index in [9.17, 15) is 9.59 Å². The molecule has 8 nitrogen and oxygen atoms in total. The van der Waals surface area contributed by atoms with Gasteiger partial charge >= 0.3 is 0 Å². The Labute approximate surface area is 194 Å². The number of piperazine rings is 1. The molecule has 2 amide bonds. The second-order valence-corrected chi connectivity index (χ2v) is 8.97. The van der Waals surface area contributed by atoms with Gasteiger partial charge in [0.05, 0.1) is 15.1 Å². The number of hydrogen-bond acceptors (Lipinski definition) is 6. The van der Waals surface area contributed by atoms with Crippen LogP contribution in [0.3, 0.4) is 0 Å². The summed E-state index contributed by atoms with van der Waals surface area (Å²) in [6, 6.07) is 18.2. The molecular formula is C24H23N5O3S. The molecule has 1 aliphatic rings. The van der Waals surface area contributed by atoms with Crippen LogP contribution in [-0.4, -0.2) is 65.0 Å². The molecule has 0 aliphatic carbocycles. The minimum Gasteiger partial charge on any atom is -0.457 e. The predicted molar refractivity (Wildman–Crippen MR) is 128 cm³/mol. The van der Waals surface area contributed by atoms with Crippen LogP contribution in [0.1, 0.15) is 20.0 Å². The number of carbonyl (C=O) groups excluding carboxylic acids is 2. The minimum atomic E-state index is -0.303. The van der Waals surface area contributed by atoms with Gasteiger partial charge in [-0.25, -0.2) is 0 Å². The van der Waals surface area contributed by atoms with E-state index in [2.05, 4.69) is 27.5 Å². The molecule has 0 saturated carbocycles. The number of anilines is 1. The topological polar surface area (TPSA) is 90.6 Å². The number of aromatic nitrogens is 2. The first kappa shape index (κ1) is 21.2. The third-order valence-corrected chi connectivity index (χ3v) is 6.67. The summed E-state index contributed by atoms with van der Waals surface area (Å²) < 4.78 is 6.57. The Kier molecular flexibility index (Phi) is 5.80. The van der Waals surface area contributed by atoms with E-state index >= 15 is 0 Å². The SMILES string of the molecule is CN1CCN(C(=O)c2cc3[nH]nc(NC(=O)c4cccc(Oc5ccccc5)c4)c3s2)CC1. The van der Waals surface area contributed by atoms with Crippen molar-refractivity contribution in [3.8, 4) is 11.5 Å². The summed E-state index contributed by atoms with van der Waals surface area (Å²) >= 11 is 1.34. The molecule has 2 aromatic carbocycles. The average Bonchev–Trinajstić information content (AvgIpc) is 3.42. The zero-order valence-electron chi connectivity index (χ0n) is 18.1. The van der Waals surface area contributed by atoms with Crippen LogP contribution in [0.4, 0.5) is 5.82 Å². The standard InChI is InChI=1S/C24H23N5O3S/c1-28-10-12-29(13-11-28)24(31)20-15-19-21(33-20)22(27-26-19)25-23(30)16-6-5-9-18(14-16)32-17-7-3-2-4-8-17/h2-9,14-15H,10-13H2,1H3,(H2,25,26,27,30). The van der Waals surface area contributed by atoms with E-state index in [0.29, 0.717) is 40.8 Å². The molecule has 0 unspecified atom stereocenters. The molecule has 0 atom stereocenters. The molecule has 168 valence electrons. The number of aromatic amines is 1. The van der Waals surface area contributed by atoms with Crippen molar-refractivity contribution in [3.63, 3.8) is 0 Å². The van der Waals surface area contributed by atoms with Crippen molar-refractivity contribution >= 4 is 39.2 Å². The van der Waals surface area contributed by atoms with Crippen LogP contribution in [-0.2, 0) is 0 Å². The molecule has 0 bridgehead atoms. The number of nitrogens with zero attached hydrogens (tertiary/aromatic N) is 3. The summed E-state index contributed by atoms with van der Waals surface area (Å²) in [5.41, 5.74) is 1.18. The molecule has 1 fully saturated rings. The van der Waals surface area contributed by atoms with E-state index in [1.54, 1.807) is 30.3 Å². The fourth-order valence-corrected chi connectivity index (χ4v) is 4.70. The minimum absolute atomic E-state index is 0.0146. The number of H-pyrrole nitrogens is 1. The van der Waals surface area contributed by atoms with Gasteiger partial charge in [-0.05, 0) is 43.4 Å². The highest BCUT2D eigenvalue weighted by atomic mass is 32.1. The highest BCUT2D eigenvalue weighted by Crippen LogP contribution is 2.31. The number of ether oxygens (including phenoxy) is 1. The summed E-state index contributed by atoms with van der Waals surface area (Å²) in [6.45, 7) is 3.16. The number of amides is 2. The largest absolute Gasteiger partial charge is 0.457 e. The maximum absolute atomic E-state index is 12.9. The van der Waals surface area contributed by atoms with Gasteiger partial charge in [0.1, 0.15) is 11.5 Å². The molecule has 0 spiro atoms. The lowest BCUT2D eigenvalue weighted by molar-refractivity contribution is 0.0669. The van der Waals surface area contributed by atoms with Crippen molar-refractivity contribution in [2.75, 3.05) is 38.5 Å². The van der Waals surface area contributed by atoms with Gasteiger partial charge < -0.3 is 19.9 Å². The number of para-hydroxylation sites is 1. The van der Waals surface area contributed by atoms with Gasteiger partial charge in [-0.3, -0.25) is 14.7 Å². The third kappa shape index (κ3) is 4.59. The van der Waals surface area contributed by atoms with Gasteiger partial charge in [-0.1, -0.05) is 24.3 Å². The van der Waals surface area contributed by atoms with Crippen LogP contribution in [0, 0.1) is 0 Å². The van der Waals surface area contributed by atoms with Crippen molar-refractivity contribution in [2.24, 2.45) is 0 Å². The summed E-state index contributed by atoms with van der Waals surface area (Å²) in [7, 11) is 2.06. The molecule has 3 heterocycles. The van der Waals surface area contributed by atoms with E-state index in [1.165, 1.54) is 11.3 Å². The lowest BCUT2D eigenvalue weighted by Crippen LogP contribution is -2.46. The Morgan fingerprint density at radius 2 is 1.76 bits per heavy atom. The first-order valence-electron chi connectivity index (χ1n) is 10.7.